The Morgan fingerprint density at radius 1 is 1.50 bits per heavy atom. The molecule has 4 nitrogen and oxygen atoms in total. The summed E-state index contributed by atoms with van der Waals surface area (Å²) in [7, 11) is 1.86. The van der Waals surface area contributed by atoms with Gasteiger partial charge < -0.3 is 10.3 Å². The van der Waals surface area contributed by atoms with E-state index in [1.54, 1.807) is 6.20 Å². The lowest BCUT2D eigenvalue weighted by molar-refractivity contribution is 0.0982. The number of rotatable bonds is 4. The van der Waals surface area contributed by atoms with Crippen molar-refractivity contribution >= 4 is 11.5 Å². The van der Waals surface area contributed by atoms with Crippen LogP contribution in [0.4, 0.5) is 10.1 Å². The highest BCUT2D eigenvalue weighted by Gasteiger charge is 2.12. The molecule has 1 heterocycles. The number of halogens is 1. The zero-order valence-electron chi connectivity index (χ0n) is 10.1. The lowest BCUT2D eigenvalue weighted by Gasteiger charge is -2.05. The quantitative estimate of drug-likeness (QED) is 0.663. The second kappa shape index (κ2) is 5.00. The third kappa shape index (κ3) is 2.56. The molecule has 0 fully saturated rings. The summed E-state index contributed by atoms with van der Waals surface area (Å²) >= 11 is 0. The van der Waals surface area contributed by atoms with Crippen LogP contribution in [0.2, 0.25) is 0 Å². The van der Waals surface area contributed by atoms with E-state index in [0.29, 0.717) is 12.1 Å². The van der Waals surface area contributed by atoms with Crippen LogP contribution in [0.15, 0.2) is 30.6 Å². The maximum absolute atomic E-state index is 13.1. The largest absolute Gasteiger partial charge is 0.398 e. The van der Waals surface area contributed by atoms with E-state index in [1.165, 1.54) is 18.2 Å². The number of imidazole rings is 1. The minimum Gasteiger partial charge on any atom is -0.398 e. The van der Waals surface area contributed by atoms with Crippen molar-refractivity contribution in [3.63, 3.8) is 0 Å². The van der Waals surface area contributed by atoms with Crippen LogP contribution in [0.1, 0.15) is 22.6 Å². The van der Waals surface area contributed by atoms with Gasteiger partial charge in [0.05, 0.1) is 0 Å². The van der Waals surface area contributed by atoms with Gasteiger partial charge in [0, 0.05) is 43.5 Å². The number of ketones is 1. The number of aromatic nitrogens is 2. The Kier molecular flexibility index (Phi) is 3.41. The van der Waals surface area contributed by atoms with E-state index in [-0.39, 0.29) is 17.8 Å². The molecule has 0 aliphatic heterocycles. The monoisotopic (exact) mass is 247 g/mol. The molecule has 0 spiro atoms. The van der Waals surface area contributed by atoms with E-state index in [2.05, 4.69) is 4.98 Å². The second-order valence-electron chi connectivity index (χ2n) is 4.11. The molecule has 2 rings (SSSR count). The van der Waals surface area contributed by atoms with Crippen LogP contribution in [0.3, 0.4) is 0 Å². The molecule has 0 aliphatic rings. The van der Waals surface area contributed by atoms with Gasteiger partial charge in [0.15, 0.2) is 5.78 Å². The number of Topliss-reactive ketones (excluding diaryl/α,β-unsaturated/α-hetero) is 1. The van der Waals surface area contributed by atoms with Crippen LogP contribution in [-0.4, -0.2) is 15.3 Å². The smallest absolute Gasteiger partial charge is 0.165 e. The molecule has 0 amide bonds. The molecule has 94 valence electrons. The zero-order chi connectivity index (χ0) is 13.1. The van der Waals surface area contributed by atoms with Gasteiger partial charge in [-0.15, -0.1) is 0 Å². The first kappa shape index (κ1) is 12.3. The molecule has 0 saturated carbocycles. The molecule has 1 aromatic carbocycles. The molecule has 0 radical (unpaired) electrons. The minimum atomic E-state index is -0.454. The summed E-state index contributed by atoms with van der Waals surface area (Å²) < 4.78 is 14.9. The second-order valence-corrected chi connectivity index (χ2v) is 4.11. The van der Waals surface area contributed by atoms with Crippen molar-refractivity contribution in [1.82, 2.24) is 9.55 Å². The molecule has 2 aromatic rings. The molecule has 0 unspecified atom stereocenters. The minimum absolute atomic E-state index is 0.171. The molecular formula is C13H14FN3O. The Labute approximate surface area is 104 Å². The number of hydrogen-bond donors (Lipinski definition) is 1. The average Bonchev–Trinajstić information content (AvgIpc) is 2.75. The fraction of sp³-hybridized carbons (Fsp3) is 0.231. The summed E-state index contributed by atoms with van der Waals surface area (Å²) in [5, 5.41) is 0. The highest BCUT2D eigenvalue weighted by atomic mass is 19.1. The maximum atomic E-state index is 13.1. The first-order chi connectivity index (χ1) is 8.58. The van der Waals surface area contributed by atoms with Crippen molar-refractivity contribution in [2.45, 2.75) is 12.8 Å². The van der Waals surface area contributed by atoms with Gasteiger partial charge in [0.2, 0.25) is 0 Å². The van der Waals surface area contributed by atoms with E-state index in [4.69, 9.17) is 5.73 Å². The molecule has 1 aromatic heterocycles. The summed E-state index contributed by atoms with van der Waals surface area (Å²) in [6.07, 6.45) is 4.27. The first-order valence-electron chi connectivity index (χ1n) is 5.62. The van der Waals surface area contributed by atoms with Crippen molar-refractivity contribution in [1.29, 1.82) is 0 Å². The van der Waals surface area contributed by atoms with Crippen LogP contribution in [0.25, 0.3) is 0 Å². The van der Waals surface area contributed by atoms with Crippen LogP contribution in [0, 0.1) is 5.82 Å². The molecule has 0 aliphatic carbocycles. The summed E-state index contributed by atoms with van der Waals surface area (Å²) in [6.45, 7) is 0. The number of benzene rings is 1. The van der Waals surface area contributed by atoms with Gasteiger partial charge >= 0.3 is 0 Å². The van der Waals surface area contributed by atoms with E-state index >= 15 is 0 Å². The highest BCUT2D eigenvalue weighted by molar-refractivity contribution is 6.00. The first-order valence-corrected chi connectivity index (χ1v) is 5.62. The Bertz CT molecular complexity index is 577. The molecule has 0 saturated heterocycles. The van der Waals surface area contributed by atoms with Gasteiger partial charge in [-0.1, -0.05) is 0 Å². The molecular weight excluding hydrogens is 233 g/mol. The number of nitrogens with zero attached hydrogens (tertiary/aromatic N) is 2. The van der Waals surface area contributed by atoms with Crippen molar-refractivity contribution in [3.8, 4) is 0 Å². The molecule has 2 N–H and O–H groups in total. The Morgan fingerprint density at radius 3 is 2.94 bits per heavy atom. The van der Waals surface area contributed by atoms with Crippen molar-refractivity contribution < 1.29 is 9.18 Å². The number of hydrogen-bond acceptors (Lipinski definition) is 3. The number of nitrogens with two attached hydrogens (primary N) is 1. The van der Waals surface area contributed by atoms with Gasteiger partial charge in [0.25, 0.3) is 0 Å². The fourth-order valence-corrected chi connectivity index (χ4v) is 1.77. The van der Waals surface area contributed by atoms with Gasteiger partial charge in [0.1, 0.15) is 11.6 Å². The average molecular weight is 247 g/mol. The maximum Gasteiger partial charge on any atom is 0.165 e. The van der Waals surface area contributed by atoms with Crippen molar-refractivity contribution in [3.05, 3.63) is 47.8 Å². The summed E-state index contributed by atoms with van der Waals surface area (Å²) in [5.41, 5.74) is 6.21. The topological polar surface area (TPSA) is 60.9 Å². The Balaban J connectivity index is 2.08. The van der Waals surface area contributed by atoms with Crippen LogP contribution >= 0.6 is 0 Å². The van der Waals surface area contributed by atoms with E-state index in [9.17, 15) is 9.18 Å². The normalized spacial score (nSPS) is 10.6. The van der Waals surface area contributed by atoms with Gasteiger partial charge in [-0.3, -0.25) is 4.79 Å². The molecule has 18 heavy (non-hydrogen) atoms. The standard InChI is InChI=1S/C13H14FN3O/c1-17-7-6-16-13(17)5-4-12(18)10-8-9(14)2-3-11(10)15/h2-3,6-8H,4-5,15H2,1H3. The van der Waals surface area contributed by atoms with E-state index in [1.807, 2.05) is 17.8 Å². The number of aryl methyl sites for hydroxylation is 2. The van der Waals surface area contributed by atoms with Crippen molar-refractivity contribution in [2.75, 3.05) is 5.73 Å². The van der Waals surface area contributed by atoms with Crippen molar-refractivity contribution in [2.24, 2.45) is 7.05 Å². The molecule has 0 atom stereocenters. The lowest BCUT2D eigenvalue weighted by Crippen LogP contribution is -2.07. The van der Waals surface area contributed by atoms with Gasteiger partial charge in [-0.25, -0.2) is 9.37 Å². The third-order valence-electron chi connectivity index (χ3n) is 2.81. The highest BCUT2D eigenvalue weighted by Crippen LogP contribution is 2.16. The predicted octanol–water partition coefficient (Wildman–Crippen LogP) is 1.96. The SMILES string of the molecule is Cn1ccnc1CCC(=O)c1cc(F)ccc1N. The number of anilines is 1. The Morgan fingerprint density at radius 2 is 2.28 bits per heavy atom. The molecule has 0 bridgehead atoms. The van der Waals surface area contributed by atoms with Gasteiger partial charge in [-0.2, -0.15) is 0 Å². The van der Waals surface area contributed by atoms with E-state index in [0.717, 1.165) is 5.82 Å². The lowest BCUT2D eigenvalue weighted by atomic mass is 10.0. The third-order valence-corrected chi connectivity index (χ3v) is 2.81. The van der Waals surface area contributed by atoms with Crippen LogP contribution in [0.5, 0.6) is 0 Å². The van der Waals surface area contributed by atoms with Gasteiger partial charge in [-0.05, 0) is 18.2 Å². The predicted molar refractivity (Wildman–Crippen MR) is 66.7 cm³/mol. The summed E-state index contributed by atoms with van der Waals surface area (Å²) in [4.78, 5) is 16.1. The number of carbonyl (C=O) groups is 1. The van der Waals surface area contributed by atoms with Crippen LogP contribution in [-0.2, 0) is 13.5 Å². The van der Waals surface area contributed by atoms with Crippen LogP contribution < -0.4 is 5.73 Å². The van der Waals surface area contributed by atoms with E-state index < -0.39 is 5.82 Å². The summed E-state index contributed by atoms with van der Waals surface area (Å²) in [5.74, 6) is 0.192. The number of nitrogen functional groups attached to an aromatic ring is 1. The summed E-state index contributed by atoms with van der Waals surface area (Å²) in [6, 6.07) is 3.82. The molecule has 5 heteroatoms. The number of carbonyl (C=O) groups excluding carboxylic acids is 1. The zero-order valence-corrected chi connectivity index (χ0v) is 10.1. The fourth-order valence-electron chi connectivity index (χ4n) is 1.77. The Hall–Kier alpha value is -2.17.